The van der Waals surface area contributed by atoms with Crippen LogP contribution in [0, 0.1) is 0 Å². The first-order chi connectivity index (χ1) is 9.63. The minimum absolute atomic E-state index is 0.148. The van der Waals surface area contributed by atoms with E-state index in [1.54, 1.807) is 0 Å². The molecule has 1 unspecified atom stereocenters. The van der Waals surface area contributed by atoms with Gasteiger partial charge in [-0.25, -0.2) is 0 Å². The Hall–Kier alpha value is -1.20. The van der Waals surface area contributed by atoms with Gasteiger partial charge >= 0.3 is 0 Å². The molecule has 5 heteroatoms. The third-order valence-corrected chi connectivity index (χ3v) is 4.64. The molecule has 2 saturated heterocycles. The normalized spacial score (nSPS) is 22.9. The van der Waals surface area contributed by atoms with E-state index in [2.05, 4.69) is 20.8 Å². The molecule has 0 aliphatic carbocycles. The molecule has 1 atom stereocenters. The van der Waals surface area contributed by atoms with Crippen LogP contribution in [-0.4, -0.2) is 53.7 Å². The Kier molecular flexibility index (Phi) is 3.89. The van der Waals surface area contributed by atoms with Crippen LogP contribution in [0.4, 0.5) is 0 Å². The summed E-state index contributed by atoms with van der Waals surface area (Å²) in [6, 6.07) is 7.79. The van der Waals surface area contributed by atoms with Crippen LogP contribution in [0.5, 0.6) is 0 Å². The van der Waals surface area contributed by atoms with Gasteiger partial charge in [0.1, 0.15) is 0 Å². The van der Waals surface area contributed by atoms with Crippen molar-refractivity contribution >= 4 is 27.6 Å². The molecule has 1 aromatic carbocycles. The van der Waals surface area contributed by atoms with Crippen LogP contribution >= 0.6 is 15.9 Å². The number of amides is 1. The number of carbonyl (C=O) groups excluding carboxylic acids is 2. The molecule has 1 amide bonds. The highest BCUT2D eigenvalue weighted by Crippen LogP contribution is 2.23. The summed E-state index contributed by atoms with van der Waals surface area (Å²) in [4.78, 5) is 28.0. The van der Waals surface area contributed by atoms with Gasteiger partial charge in [0.05, 0.1) is 6.54 Å². The lowest BCUT2D eigenvalue weighted by atomic mass is 10.1. The van der Waals surface area contributed by atoms with Gasteiger partial charge in [0.2, 0.25) is 5.91 Å². The van der Waals surface area contributed by atoms with E-state index in [9.17, 15) is 9.59 Å². The van der Waals surface area contributed by atoms with Crippen molar-refractivity contribution in [1.29, 1.82) is 0 Å². The number of hydrogen-bond acceptors (Lipinski definition) is 3. The molecule has 2 fully saturated rings. The molecule has 0 N–H and O–H groups in total. The summed E-state index contributed by atoms with van der Waals surface area (Å²) >= 11 is 3.37. The monoisotopic (exact) mass is 336 g/mol. The maximum Gasteiger partial charge on any atom is 0.222 e. The van der Waals surface area contributed by atoms with E-state index >= 15 is 0 Å². The van der Waals surface area contributed by atoms with Crippen LogP contribution in [0.3, 0.4) is 0 Å². The molecule has 20 heavy (non-hydrogen) atoms. The number of piperazine rings is 1. The second kappa shape index (κ2) is 5.66. The zero-order valence-corrected chi connectivity index (χ0v) is 12.8. The SMILES string of the molecule is O=C(CN1CCN2C(=O)CCC2C1)c1ccc(Br)cc1. The van der Waals surface area contributed by atoms with Crippen LogP contribution in [0.1, 0.15) is 23.2 Å². The first-order valence-corrected chi connectivity index (χ1v) is 7.73. The number of carbonyl (C=O) groups is 2. The van der Waals surface area contributed by atoms with Crippen molar-refractivity contribution < 1.29 is 9.59 Å². The molecule has 3 rings (SSSR count). The summed E-state index contributed by atoms with van der Waals surface area (Å²) in [6.07, 6.45) is 1.60. The Morgan fingerprint density at radius 2 is 2.00 bits per heavy atom. The zero-order valence-electron chi connectivity index (χ0n) is 11.2. The van der Waals surface area contributed by atoms with Gasteiger partial charge in [-0.1, -0.05) is 28.1 Å². The Balaban J connectivity index is 1.60. The van der Waals surface area contributed by atoms with Gasteiger partial charge in [-0.15, -0.1) is 0 Å². The summed E-state index contributed by atoms with van der Waals surface area (Å²) in [5.41, 5.74) is 0.748. The Morgan fingerprint density at radius 1 is 1.25 bits per heavy atom. The molecule has 1 aromatic rings. The van der Waals surface area contributed by atoms with Crippen LogP contribution in [-0.2, 0) is 4.79 Å². The minimum atomic E-state index is 0.148. The van der Waals surface area contributed by atoms with Gasteiger partial charge in [0, 0.05) is 42.1 Å². The average molecular weight is 337 g/mol. The van der Waals surface area contributed by atoms with Crippen molar-refractivity contribution in [2.75, 3.05) is 26.2 Å². The standard InChI is InChI=1S/C15H17BrN2O2/c16-12-3-1-11(2-4-12)14(19)10-17-7-8-18-13(9-17)5-6-15(18)20/h1-4,13H,5-10H2. The fourth-order valence-electron chi connectivity index (χ4n) is 3.00. The Morgan fingerprint density at radius 3 is 2.75 bits per heavy atom. The van der Waals surface area contributed by atoms with Gasteiger partial charge in [-0.05, 0) is 18.6 Å². The van der Waals surface area contributed by atoms with Crippen LogP contribution in [0.2, 0.25) is 0 Å². The third kappa shape index (κ3) is 2.79. The van der Waals surface area contributed by atoms with Crippen LogP contribution in [0.25, 0.3) is 0 Å². The van der Waals surface area contributed by atoms with Crippen molar-refractivity contribution in [3.05, 3.63) is 34.3 Å². The van der Waals surface area contributed by atoms with Gasteiger partial charge in [0.15, 0.2) is 5.78 Å². The lowest BCUT2D eigenvalue weighted by Gasteiger charge is -2.37. The Bertz CT molecular complexity index is 529. The summed E-state index contributed by atoms with van der Waals surface area (Å²) < 4.78 is 0.979. The molecule has 0 saturated carbocycles. The highest BCUT2D eigenvalue weighted by Gasteiger charge is 2.35. The third-order valence-electron chi connectivity index (χ3n) is 4.11. The van der Waals surface area contributed by atoms with E-state index in [0.717, 1.165) is 36.1 Å². The quantitative estimate of drug-likeness (QED) is 0.792. The van der Waals surface area contributed by atoms with Crippen molar-refractivity contribution in [3.63, 3.8) is 0 Å². The predicted octanol–water partition coefficient (Wildman–Crippen LogP) is 1.94. The Labute approximate surface area is 126 Å². The molecule has 2 aliphatic rings. The first kappa shape index (κ1) is 13.8. The largest absolute Gasteiger partial charge is 0.337 e. The molecule has 4 nitrogen and oxygen atoms in total. The molecule has 2 heterocycles. The average Bonchev–Trinajstić information content (AvgIpc) is 2.81. The fourth-order valence-corrected chi connectivity index (χ4v) is 3.27. The second-order valence-electron chi connectivity index (χ2n) is 5.44. The molecule has 0 radical (unpaired) electrons. The van der Waals surface area contributed by atoms with Crippen molar-refractivity contribution in [3.8, 4) is 0 Å². The topological polar surface area (TPSA) is 40.6 Å². The van der Waals surface area contributed by atoms with E-state index in [4.69, 9.17) is 0 Å². The summed E-state index contributed by atoms with van der Waals surface area (Å²) in [6.45, 7) is 2.83. The van der Waals surface area contributed by atoms with Crippen LogP contribution in [0.15, 0.2) is 28.7 Å². The highest BCUT2D eigenvalue weighted by atomic mass is 79.9. The van der Waals surface area contributed by atoms with E-state index in [1.165, 1.54) is 0 Å². The minimum Gasteiger partial charge on any atom is -0.337 e. The van der Waals surface area contributed by atoms with Gasteiger partial charge in [-0.3, -0.25) is 14.5 Å². The number of benzene rings is 1. The fraction of sp³-hybridized carbons (Fsp3) is 0.467. The summed E-state index contributed by atoms with van der Waals surface area (Å²) in [7, 11) is 0. The van der Waals surface area contributed by atoms with Crippen molar-refractivity contribution in [2.45, 2.75) is 18.9 Å². The number of rotatable bonds is 3. The first-order valence-electron chi connectivity index (χ1n) is 6.94. The van der Waals surface area contributed by atoms with E-state index < -0.39 is 0 Å². The molecule has 2 aliphatic heterocycles. The van der Waals surface area contributed by atoms with Crippen molar-refractivity contribution in [1.82, 2.24) is 9.80 Å². The number of fused-ring (bicyclic) bond motifs is 1. The number of ketones is 1. The lowest BCUT2D eigenvalue weighted by molar-refractivity contribution is -0.130. The molecule has 0 spiro atoms. The van der Waals surface area contributed by atoms with Gasteiger partial charge in [-0.2, -0.15) is 0 Å². The summed E-state index contributed by atoms with van der Waals surface area (Å²) in [5.74, 6) is 0.421. The van der Waals surface area contributed by atoms with Gasteiger partial charge < -0.3 is 4.90 Å². The second-order valence-corrected chi connectivity index (χ2v) is 6.36. The van der Waals surface area contributed by atoms with E-state index in [-0.39, 0.29) is 11.7 Å². The molecular formula is C15H17BrN2O2. The molecule has 106 valence electrons. The maximum atomic E-state index is 12.2. The van der Waals surface area contributed by atoms with E-state index in [0.29, 0.717) is 19.0 Å². The van der Waals surface area contributed by atoms with E-state index in [1.807, 2.05) is 29.2 Å². The molecular weight excluding hydrogens is 320 g/mol. The molecule has 0 aromatic heterocycles. The smallest absolute Gasteiger partial charge is 0.222 e. The number of halogens is 1. The van der Waals surface area contributed by atoms with Crippen LogP contribution < -0.4 is 0 Å². The molecule has 0 bridgehead atoms. The number of Topliss-reactive ketones (excluding diaryl/α,β-unsaturated/α-hetero) is 1. The van der Waals surface area contributed by atoms with Gasteiger partial charge in [0.25, 0.3) is 0 Å². The summed E-state index contributed by atoms with van der Waals surface area (Å²) in [5, 5.41) is 0. The highest BCUT2D eigenvalue weighted by molar-refractivity contribution is 9.10. The number of hydrogen-bond donors (Lipinski definition) is 0. The maximum absolute atomic E-state index is 12.2. The number of nitrogens with zero attached hydrogens (tertiary/aromatic N) is 2. The van der Waals surface area contributed by atoms with Crippen molar-refractivity contribution in [2.24, 2.45) is 0 Å². The predicted molar refractivity (Wildman–Crippen MR) is 79.6 cm³/mol. The zero-order chi connectivity index (χ0) is 14.1. The lowest BCUT2D eigenvalue weighted by Crippen LogP contribution is -2.52.